The van der Waals surface area contributed by atoms with E-state index in [2.05, 4.69) is 10.1 Å². The second kappa shape index (κ2) is 8.67. The van der Waals surface area contributed by atoms with Gasteiger partial charge in [0, 0.05) is 18.8 Å². The molecule has 2 amide bonds. The molecule has 0 fully saturated rings. The van der Waals surface area contributed by atoms with Gasteiger partial charge in [-0.3, -0.25) is 4.79 Å². The molecule has 1 N–H and O–H groups in total. The second-order valence-corrected chi connectivity index (χ2v) is 5.17. The average molecular weight is 330 g/mol. The minimum absolute atomic E-state index is 0.0832. The molecule has 0 radical (unpaired) electrons. The maximum Gasteiger partial charge on any atom is 0.322 e. The molecule has 126 valence electrons. The van der Waals surface area contributed by atoms with E-state index >= 15 is 0 Å². The third-order valence-corrected chi connectivity index (χ3v) is 3.41. The summed E-state index contributed by atoms with van der Waals surface area (Å²) in [6.07, 6.45) is 0.0832. The first-order chi connectivity index (χ1) is 11.6. The maximum absolute atomic E-state index is 13.0. The highest BCUT2D eigenvalue weighted by molar-refractivity contribution is 5.89. The average Bonchev–Trinajstić information content (AvgIpc) is 2.60. The summed E-state index contributed by atoms with van der Waals surface area (Å²) in [5.41, 5.74) is 1.43. The molecule has 0 spiro atoms. The number of hydrogen-bond donors (Lipinski definition) is 1. The summed E-state index contributed by atoms with van der Waals surface area (Å²) >= 11 is 0. The maximum atomic E-state index is 13.0. The summed E-state index contributed by atoms with van der Waals surface area (Å²) in [6, 6.07) is 14.6. The fourth-order valence-corrected chi connectivity index (χ4v) is 2.11. The van der Waals surface area contributed by atoms with Crippen LogP contribution in [0.1, 0.15) is 12.0 Å². The Bertz CT molecular complexity index is 674. The number of urea groups is 1. The molecule has 0 aliphatic heterocycles. The van der Waals surface area contributed by atoms with Gasteiger partial charge in [-0.2, -0.15) is 0 Å². The van der Waals surface area contributed by atoms with Gasteiger partial charge in [-0.05, 0) is 29.8 Å². The highest BCUT2D eigenvalue weighted by Crippen LogP contribution is 2.11. The highest BCUT2D eigenvalue weighted by Gasteiger charge is 2.16. The summed E-state index contributed by atoms with van der Waals surface area (Å²) in [4.78, 5) is 25.3. The Labute approximate surface area is 140 Å². The van der Waals surface area contributed by atoms with E-state index in [0.717, 1.165) is 5.56 Å². The number of nitrogens with one attached hydrogen (secondary N) is 1. The predicted octanol–water partition coefficient (Wildman–Crippen LogP) is 3.42. The SMILES string of the molecule is COC(=O)CCN(Cc1ccc(F)cc1)C(=O)Nc1ccccc1. The van der Waals surface area contributed by atoms with Gasteiger partial charge in [-0.25, -0.2) is 9.18 Å². The molecule has 0 heterocycles. The van der Waals surface area contributed by atoms with Crippen LogP contribution in [-0.4, -0.2) is 30.6 Å². The monoisotopic (exact) mass is 330 g/mol. The fourth-order valence-electron chi connectivity index (χ4n) is 2.11. The molecule has 0 unspecified atom stereocenters. The number of carbonyl (C=O) groups is 2. The van der Waals surface area contributed by atoms with Crippen molar-refractivity contribution in [2.45, 2.75) is 13.0 Å². The van der Waals surface area contributed by atoms with E-state index in [1.165, 1.54) is 24.1 Å². The summed E-state index contributed by atoms with van der Waals surface area (Å²) < 4.78 is 17.6. The normalized spacial score (nSPS) is 10.1. The number of carbonyl (C=O) groups excluding carboxylic acids is 2. The molecule has 6 heteroatoms. The topological polar surface area (TPSA) is 58.6 Å². The van der Waals surface area contributed by atoms with Crippen molar-refractivity contribution in [3.05, 3.63) is 66.0 Å². The van der Waals surface area contributed by atoms with Crippen LogP contribution in [0, 0.1) is 5.82 Å². The van der Waals surface area contributed by atoms with Gasteiger partial charge in [0.15, 0.2) is 0 Å². The van der Waals surface area contributed by atoms with Gasteiger partial charge in [0.2, 0.25) is 0 Å². The molecule has 0 saturated heterocycles. The van der Waals surface area contributed by atoms with Gasteiger partial charge < -0.3 is 15.0 Å². The van der Waals surface area contributed by atoms with Crippen LogP contribution in [0.15, 0.2) is 54.6 Å². The Hall–Kier alpha value is -2.89. The molecule has 0 saturated carbocycles. The number of hydrogen-bond acceptors (Lipinski definition) is 3. The van der Waals surface area contributed by atoms with Crippen molar-refractivity contribution in [2.24, 2.45) is 0 Å². The van der Waals surface area contributed by atoms with Crippen LogP contribution in [0.25, 0.3) is 0 Å². The zero-order valence-electron chi connectivity index (χ0n) is 13.4. The van der Waals surface area contributed by atoms with Gasteiger partial charge in [-0.15, -0.1) is 0 Å². The Morgan fingerprint density at radius 3 is 2.38 bits per heavy atom. The predicted molar refractivity (Wildman–Crippen MR) is 88.9 cm³/mol. The Kier molecular flexibility index (Phi) is 6.31. The number of ether oxygens (including phenoxy) is 1. The molecule has 24 heavy (non-hydrogen) atoms. The van der Waals surface area contributed by atoms with E-state index in [9.17, 15) is 14.0 Å². The van der Waals surface area contributed by atoms with E-state index in [0.29, 0.717) is 5.69 Å². The van der Waals surface area contributed by atoms with E-state index in [-0.39, 0.29) is 31.4 Å². The standard InChI is InChI=1S/C18H19FN2O3/c1-24-17(22)11-12-21(13-14-7-9-15(19)10-8-14)18(23)20-16-5-3-2-4-6-16/h2-10H,11-13H2,1H3,(H,20,23). The van der Waals surface area contributed by atoms with Crippen molar-refractivity contribution < 1.29 is 18.7 Å². The quantitative estimate of drug-likeness (QED) is 0.826. The molecule has 2 aromatic rings. The molecule has 0 atom stereocenters. The molecule has 5 nitrogen and oxygen atoms in total. The first kappa shape index (κ1) is 17.5. The molecule has 2 aromatic carbocycles. The lowest BCUT2D eigenvalue weighted by molar-refractivity contribution is -0.140. The first-order valence-electron chi connectivity index (χ1n) is 7.50. The summed E-state index contributed by atoms with van der Waals surface area (Å²) in [7, 11) is 1.30. The Morgan fingerprint density at radius 1 is 1.08 bits per heavy atom. The second-order valence-electron chi connectivity index (χ2n) is 5.17. The fraction of sp³-hybridized carbons (Fsp3) is 0.222. The zero-order valence-corrected chi connectivity index (χ0v) is 13.4. The van der Waals surface area contributed by atoms with Crippen molar-refractivity contribution >= 4 is 17.7 Å². The molecule has 0 aliphatic carbocycles. The number of methoxy groups -OCH3 is 1. The van der Waals surface area contributed by atoms with Crippen LogP contribution in [0.2, 0.25) is 0 Å². The Morgan fingerprint density at radius 2 is 1.75 bits per heavy atom. The molecular formula is C18H19FN2O3. The third kappa shape index (κ3) is 5.39. The van der Waals surface area contributed by atoms with Crippen LogP contribution < -0.4 is 5.32 Å². The van der Waals surface area contributed by atoms with Crippen molar-refractivity contribution in [1.29, 1.82) is 0 Å². The van der Waals surface area contributed by atoms with Gasteiger partial charge in [0.1, 0.15) is 5.82 Å². The lowest BCUT2D eigenvalue weighted by Gasteiger charge is -2.23. The number of halogens is 1. The van der Waals surface area contributed by atoms with Crippen LogP contribution in [0.5, 0.6) is 0 Å². The van der Waals surface area contributed by atoms with E-state index < -0.39 is 5.97 Å². The van der Waals surface area contributed by atoms with E-state index in [1.54, 1.807) is 24.3 Å². The zero-order chi connectivity index (χ0) is 17.4. The van der Waals surface area contributed by atoms with Crippen molar-refractivity contribution in [3.8, 4) is 0 Å². The minimum Gasteiger partial charge on any atom is -0.469 e. The van der Waals surface area contributed by atoms with Crippen LogP contribution in [-0.2, 0) is 16.1 Å². The highest BCUT2D eigenvalue weighted by atomic mass is 19.1. The summed E-state index contributed by atoms with van der Waals surface area (Å²) in [5.74, 6) is -0.736. The minimum atomic E-state index is -0.397. The summed E-state index contributed by atoms with van der Waals surface area (Å²) in [5, 5.41) is 2.78. The molecule has 0 aromatic heterocycles. The van der Waals surface area contributed by atoms with Crippen molar-refractivity contribution in [1.82, 2.24) is 4.90 Å². The van der Waals surface area contributed by atoms with Gasteiger partial charge >= 0.3 is 12.0 Å². The lowest BCUT2D eigenvalue weighted by atomic mass is 10.2. The molecule has 2 rings (SSSR count). The van der Waals surface area contributed by atoms with Gasteiger partial charge in [-0.1, -0.05) is 30.3 Å². The molecule has 0 aliphatic rings. The number of anilines is 1. The number of rotatable bonds is 6. The number of benzene rings is 2. The number of nitrogens with zero attached hydrogens (tertiary/aromatic N) is 1. The largest absolute Gasteiger partial charge is 0.469 e. The number of amides is 2. The first-order valence-corrected chi connectivity index (χ1v) is 7.50. The van der Waals surface area contributed by atoms with Crippen LogP contribution in [0.3, 0.4) is 0 Å². The van der Waals surface area contributed by atoms with E-state index in [4.69, 9.17) is 0 Å². The van der Waals surface area contributed by atoms with Crippen LogP contribution >= 0.6 is 0 Å². The Balaban J connectivity index is 2.07. The van der Waals surface area contributed by atoms with Crippen LogP contribution in [0.4, 0.5) is 14.9 Å². The molecular weight excluding hydrogens is 311 g/mol. The summed E-state index contributed by atoms with van der Waals surface area (Å²) in [6.45, 7) is 0.457. The van der Waals surface area contributed by atoms with E-state index in [1.807, 2.05) is 18.2 Å². The van der Waals surface area contributed by atoms with Crippen molar-refractivity contribution in [2.75, 3.05) is 19.0 Å². The third-order valence-electron chi connectivity index (χ3n) is 3.41. The lowest BCUT2D eigenvalue weighted by Crippen LogP contribution is -2.36. The molecule has 0 bridgehead atoms. The number of para-hydroxylation sites is 1. The van der Waals surface area contributed by atoms with Gasteiger partial charge in [0.05, 0.1) is 13.5 Å². The van der Waals surface area contributed by atoms with Gasteiger partial charge in [0.25, 0.3) is 0 Å². The van der Waals surface area contributed by atoms with Crippen molar-refractivity contribution in [3.63, 3.8) is 0 Å². The number of esters is 1. The smallest absolute Gasteiger partial charge is 0.322 e.